The topological polar surface area (TPSA) is 26.3 Å². The van der Waals surface area contributed by atoms with Crippen LogP contribution >= 0.6 is 0 Å². The van der Waals surface area contributed by atoms with E-state index in [1.165, 1.54) is 25.3 Å². The highest BCUT2D eigenvalue weighted by Gasteiger charge is 1.94. The van der Waals surface area contributed by atoms with Crippen LogP contribution < -0.4 is 0 Å². The number of ether oxygens (including phenoxy) is 1. The van der Waals surface area contributed by atoms with Crippen LogP contribution in [0, 0.1) is 0 Å². The van der Waals surface area contributed by atoms with Crippen LogP contribution in [-0.2, 0) is 9.53 Å². The summed E-state index contributed by atoms with van der Waals surface area (Å²) in [6.07, 6.45) is 15.3. The van der Waals surface area contributed by atoms with E-state index >= 15 is 0 Å². The van der Waals surface area contributed by atoms with Gasteiger partial charge in [0.2, 0.25) is 0 Å². The van der Waals surface area contributed by atoms with Crippen LogP contribution in [0.2, 0.25) is 0 Å². The Hall–Kier alpha value is -1.05. The van der Waals surface area contributed by atoms with Gasteiger partial charge in [0, 0.05) is 6.08 Å². The molecule has 0 spiro atoms. The molecule has 0 radical (unpaired) electrons. The highest BCUT2D eigenvalue weighted by Crippen LogP contribution is 1.99. The number of unbranched alkanes of at least 4 members (excludes halogenated alkanes) is 5. The summed E-state index contributed by atoms with van der Waals surface area (Å²) in [6, 6.07) is 0. The second-order valence-corrected chi connectivity index (χ2v) is 4.16. The zero-order valence-corrected chi connectivity index (χ0v) is 11.3. The molecule has 0 aromatic heterocycles. The fourth-order valence-corrected chi connectivity index (χ4v) is 1.39. The summed E-state index contributed by atoms with van der Waals surface area (Å²) in [5.74, 6) is -0.237. The molecule has 0 heterocycles. The lowest BCUT2D eigenvalue weighted by molar-refractivity contribution is -0.137. The summed E-state index contributed by atoms with van der Waals surface area (Å²) in [4.78, 5) is 11.2. The predicted molar refractivity (Wildman–Crippen MR) is 72.9 cm³/mol. The van der Waals surface area contributed by atoms with Gasteiger partial charge in [0.1, 0.15) is 0 Å². The Kier molecular flexibility index (Phi) is 12.2. The first-order chi connectivity index (χ1) is 8.31. The van der Waals surface area contributed by atoms with Crippen LogP contribution in [-0.4, -0.2) is 12.6 Å². The van der Waals surface area contributed by atoms with Gasteiger partial charge < -0.3 is 4.74 Å². The molecule has 0 aromatic rings. The fourth-order valence-electron chi connectivity index (χ4n) is 1.39. The quantitative estimate of drug-likeness (QED) is 0.244. The molecule has 0 amide bonds. The van der Waals surface area contributed by atoms with Gasteiger partial charge >= 0.3 is 5.97 Å². The molecule has 17 heavy (non-hydrogen) atoms. The molecule has 2 nitrogen and oxygen atoms in total. The monoisotopic (exact) mass is 238 g/mol. The largest absolute Gasteiger partial charge is 0.463 e. The smallest absolute Gasteiger partial charge is 0.330 e. The lowest BCUT2D eigenvalue weighted by Crippen LogP contribution is -2.01. The molecule has 0 saturated carbocycles. The third-order valence-electron chi connectivity index (χ3n) is 2.45. The predicted octanol–water partition coefficient (Wildman–Crippen LogP) is 4.41. The van der Waals surface area contributed by atoms with Gasteiger partial charge in [0.25, 0.3) is 0 Å². The van der Waals surface area contributed by atoms with Gasteiger partial charge in [-0.2, -0.15) is 0 Å². The minimum absolute atomic E-state index is 0.237. The maximum absolute atomic E-state index is 11.2. The Morgan fingerprint density at radius 3 is 2.41 bits per heavy atom. The minimum atomic E-state index is -0.237. The maximum Gasteiger partial charge on any atom is 0.330 e. The number of carbonyl (C=O) groups is 1. The summed E-state index contributed by atoms with van der Waals surface area (Å²) >= 11 is 0. The van der Waals surface area contributed by atoms with E-state index < -0.39 is 0 Å². The first-order valence-electron chi connectivity index (χ1n) is 6.81. The van der Waals surface area contributed by atoms with Gasteiger partial charge in [-0.1, -0.05) is 57.8 Å². The van der Waals surface area contributed by atoms with Gasteiger partial charge in [-0.05, 0) is 19.3 Å². The maximum atomic E-state index is 11.2. The first-order valence-corrected chi connectivity index (χ1v) is 6.81. The van der Waals surface area contributed by atoms with Crippen molar-refractivity contribution in [3.63, 3.8) is 0 Å². The number of carbonyl (C=O) groups excluding carboxylic acids is 1. The average molecular weight is 238 g/mol. The van der Waals surface area contributed by atoms with Gasteiger partial charge in [-0.25, -0.2) is 4.79 Å². The van der Waals surface area contributed by atoms with Gasteiger partial charge in [-0.15, -0.1) is 0 Å². The molecule has 0 aliphatic rings. The van der Waals surface area contributed by atoms with Crippen molar-refractivity contribution in [2.75, 3.05) is 6.61 Å². The second-order valence-electron chi connectivity index (χ2n) is 4.16. The van der Waals surface area contributed by atoms with E-state index in [1.54, 1.807) is 6.08 Å². The minimum Gasteiger partial charge on any atom is -0.463 e. The number of hydrogen-bond donors (Lipinski definition) is 0. The van der Waals surface area contributed by atoms with Crippen LogP contribution in [0.15, 0.2) is 24.3 Å². The van der Waals surface area contributed by atoms with E-state index in [-0.39, 0.29) is 5.97 Å². The average Bonchev–Trinajstić information content (AvgIpc) is 2.33. The van der Waals surface area contributed by atoms with Crippen molar-refractivity contribution in [1.82, 2.24) is 0 Å². The SMILES string of the molecule is CCCCC/C=C/C=C\C(=O)OCCCCC. The number of rotatable bonds is 10. The van der Waals surface area contributed by atoms with Crippen molar-refractivity contribution in [2.45, 2.75) is 58.8 Å². The third-order valence-corrected chi connectivity index (χ3v) is 2.45. The highest BCUT2D eigenvalue weighted by molar-refractivity contribution is 5.82. The molecule has 0 saturated heterocycles. The van der Waals surface area contributed by atoms with Crippen LogP contribution in [0.1, 0.15) is 58.8 Å². The molecular weight excluding hydrogens is 212 g/mol. The van der Waals surface area contributed by atoms with E-state index in [9.17, 15) is 4.79 Å². The standard InChI is InChI=1S/C15H26O2/c1-3-5-7-8-9-10-11-13-15(16)17-14-12-6-4-2/h9-11,13H,3-8,12,14H2,1-2H3/b10-9+,13-11-. The Morgan fingerprint density at radius 1 is 1.00 bits per heavy atom. The summed E-state index contributed by atoms with van der Waals surface area (Å²) in [7, 11) is 0. The summed E-state index contributed by atoms with van der Waals surface area (Å²) in [6.45, 7) is 4.86. The molecule has 98 valence electrons. The zero-order valence-electron chi connectivity index (χ0n) is 11.3. The molecule has 0 rings (SSSR count). The molecule has 0 N–H and O–H groups in total. The lowest BCUT2D eigenvalue weighted by Gasteiger charge is -1.99. The molecule has 0 aliphatic heterocycles. The van der Waals surface area contributed by atoms with Gasteiger partial charge in [-0.3, -0.25) is 0 Å². The van der Waals surface area contributed by atoms with Crippen LogP contribution in [0.25, 0.3) is 0 Å². The Morgan fingerprint density at radius 2 is 1.71 bits per heavy atom. The summed E-state index contributed by atoms with van der Waals surface area (Å²) in [5.41, 5.74) is 0. The van der Waals surface area contributed by atoms with Crippen molar-refractivity contribution < 1.29 is 9.53 Å². The molecule has 2 heteroatoms. The Balaban J connectivity index is 3.45. The van der Waals surface area contributed by atoms with Crippen molar-refractivity contribution in [2.24, 2.45) is 0 Å². The van der Waals surface area contributed by atoms with Crippen molar-refractivity contribution >= 4 is 5.97 Å². The van der Waals surface area contributed by atoms with E-state index in [1.807, 2.05) is 6.08 Å². The van der Waals surface area contributed by atoms with E-state index in [0.717, 1.165) is 25.7 Å². The van der Waals surface area contributed by atoms with E-state index in [2.05, 4.69) is 19.9 Å². The Labute approximate surface area is 106 Å². The highest BCUT2D eigenvalue weighted by atomic mass is 16.5. The zero-order chi connectivity index (χ0) is 12.8. The Bertz CT molecular complexity index is 229. The normalized spacial score (nSPS) is 11.4. The molecule has 0 aliphatic carbocycles. The van der Waals surface area contributed by atoms with Gasteiger partial charge in [0.15, 0.2) is 0 Å². The first kappa shape index (κ1) is 16.0. The number of esters is 1. The number of hydrogen-bond acceptors (Lipinski definition) is 2. The molecule has 0 fully saturated rings. The summed E-state index contributed by atoms with van der Waals surface area (Å²) < 4.78 is 5.03. The van der Waals surface area contributed by atoms with Crippen molar-refractivity contribution in [3.8, 4) is 0 Å². The van der Waals surface area contributed by atoms with Crippen LogP contribution in [0.3, 0.4) is 0 Å². The number of allylic oxidation sites excluding steroid dienone is 3. The lowest BCUT2D eigenvalue weighted by atomic mass is 10.2. The molecule has 0 atom stereocenters. The van der Waals surface area contributed by atoms with Crippen molar-refractivity contribution in [1.29, 1.82) is 0 Å². The van der Waals surface area contributed by atoms with Crippen LogP contribution in [0.5, 0.6) is 0 Å². The van der Waals surface area contributed by atoms with Gasteiger partial charge in [0.05, 0.1) is 6.61 Å². The van der Waals surface area contributed by atoms with Crippen LogP contribution in [0.4, 0.5) is 0 Å². The second kappa shape index (κ2) is 13.0. The fraction of sp³-hybridized carbons (Fsp3) is 0.667. The molecular formula is C15H26O2. The molecule has 0 bridgehead atoms. The van der Waals surface area contributed by atoms with Crippen molar-refractivity contribution in [3.05, 3.63) is 24.3 Å². The third kappa shape index (κ3) is 12.9. The summed E-state index contributed by atoms with van der Waals surface area (Å²) in [5, 5.41) is 0. The van der Waals surface area contributed by atoms with E-state index in [0.29, 0.717) is 6.61 Å². The van der Waals surface area contributed by atoms with E-state index in [4.69, 9.17) is 4.74 Å². The molecule has 0 unspecified atom stereocenters. The molecule has 0 aromatic carbocycles.